The molecular formula is C26H19N2O3P. The summed E-state index contributed by atoms with van der Waals surface area (Å²) in [7, 11) is -4.11. The molecule has 5 nitrogen and oxygen atoms in total. The van der Waals surface area contributed by atoms with Gasteiger partial charge in [-0.1, -0.05) is 78.9 Å². The first-order valence-corrected chi connectivity index (χ1v) is 11.6. The number of hydrogen-bond acceptors (Lipinski definition) is 5. The lowest BCUT2D eigenvalue weighted by atomic mass is 9.98. The molecule has 0 saturated heterocycles. The average Bonchev–Trinajstić information content (AvgIpc) is 2.83. The number of benzene rings is 4. The smallest absolute Gasteiger partial charge is 0.416 e. The molecule has 0 radical (unpaired) electrons. The molecule has 0 aliphatic rings. The molecule has 0 N–H and O–H groups in total. The molecule has 0 saturated carbocycles. The number of nitrogens with zero attached hydrogens (tertiary/aromatic N) is 2. The van der Waals surface area contributed by atoms with Crippen molar-refractivity contribution in [3.05, 3.63) is 109 Å². The maximum absolute atomic E-state index is 14.4. The van der Waals surface area contributed by atoms with E-state index < -0.39 is 19.2 Å². The second kappa shape index (κ2) is 9.40. The summed E-state index contributed by atoms with van der Waals surface area (Å²) in [5, 5.41) is 21.4. The summed E-state index contributed by atoms with van der Waals surface area (Å²) in [4.78, 5) is 0. The Morgan fingerprint density at radius 3 is 1.69 bits per heavy atom. The van der Waals surface area contributed by atoms with Crippen LogP contribution in [0.1, 0.15) is 11.2 Å². The molecule has 0 aromatic heterocycles. The third-order valence-corrected chi connectivity index (χ3v) is 7.21. The Morgan fingerprint density at radius 1 is 0.656 bits per heavy atom. The molecular weight excluding hydrogens is 419 g/mol. The van der Waals surface area contributed by atoms with Gasteiger partial charge in [-0.2, -0.15) is 10.5 Å². The minimum atomic E-state index is -4.11. The lowest BCUT2D eigenvalue weighted by Crippen LogP contribution is -2.17. The highest BCUT2D eigenvalue weighted by molar-refractivity contribution is 7.55. The predicted molar refractivity (Wildman–Crippen MR) is 123 cm³/mol. The first-order valence-electron chi connectivity index (χ1n) is 10.00. The SMILES string of the molecule is N#CC(C#N)C(c1ccc2ccccc2c1)P(=O)(Oc1ccccc1)Oc1ccccc1. The van der Waals surface area contributed by atoms with E-state index >= 15 is 0 Å². The van der Waals surface area contributed by atoms with E-state index in [-0.39, 0.29) is 0 Å². The van der Waals surface area contributed by atoms with E-state index in [2.05, 4.69) is 0 Å². The fourth-order valence-corrected chi connectivity index (χ4v) is 5.63. The molecule has 0 aliphatic carbocycles. The zero-order valence-electron chi connectivity index (χ0n) is 17.0. The third kappa shape index (κ3) is 4.49. The highest BCUT2D eigenvalue weighted by atomic mass is 31.2. The zero-order chi connectivity index (χ0) is 22.4. The van der Waals surface area contributed by atoms with Gasteiger partial charge in [0.1, 0.15) is 17.2 Å². The topological polar surface area (TPSA) is 83.1 Å². The van der Waals surface area contributed by atoms with Gasteiger partial charge in [0.25, 0.3) is 0 Å². The van der Waals surface area contributed by atoms with Crippen molar-refractivity contribution in [2.24, 2.45) is 5.92 Å². The highest BCUT2D eigenvalue weighted by Gasteiger charge is 2.46. The number of hydrogen-bond donors (Lipinski definition) is 0. The molecule has 0 fully saturated rings. The molecule has 1 atom stereocenters. The number of fused-ring (bicyclic) bond motifs is 1. The van der Waals surface area contributed by atoms with Crippen LogP contribution in [0.15, 0.2) is 103 Å². The monoisotopic (exact) mass is 438 g/mol. The molecule has 0 spiro atoms. The van der Waals surface area contributed by atoms with Crippen LogP contribution in [0.5, 0.6) is 11.5 Å². The average molecular weight is 438 g/mol. The first-order chi connectivity index (χ1) is 15.6. The van der Waals surface area contributed by atoms with Crippen molar-refractivity contribution >= 4 is 18.4 Å². The Bertz CT molecular complexity index is 1280. The second-order valence-corrected chi connectivity index (χ2v) is 9.14. The van der Waals surface area contributed by atoms with Gasteiger partial charge in [0.05, 0.1) is 12.1 Å². The largest absolute Gasteiger partial charge is 0.440 e. The van der Waals surface area contributed by atoms with Crippen LogP contribution < -0.4 is 9.05 Å². The van der Waals surface area contributed by atoms with E-state index in [4.69, 9.17) is 9.05 Å². The summed E-state index contributed by atoms with van der Waals surface area (Å²) >= 11 is 0. The van der Waals surface area contributed by atoms with Crippen LogP contribution >= 0.6 is 7.60 Å². The number of para-hydroxylation sites is 2. The van der Waals surface area contributed by atoms with Crippen LogP contribution in [0, 0.1) is 28.6 Å². The minimum absolute atomic E-state index is 0.326. The minimum Gasteiger partial charge on any atom is -0.416 e. The van der Waals surface area contributed by atoms with Crippen molar-refractivity contribution < 1.29 is 13.6 Å². The molecule has 0 heterocycles. The Kier molecular flexibility index (Phi) is 6.22. The van der Waals surface area contributed by atoms with E-state index in [0.717, 1.165) is 10.8 Å². The maximum Gasteiger partial charge on any atom is 0.440 e. The molecule has 0 bridgehead atoms. The van der Waals surface area contributed by atoms with Gasteiger partial charge in [0.2, 0.25) is 0 Å². The Labute approximate surface area is 186 Å². The van der Waals surface area contributed by atoms with Crippen molar-refractivity contribution in [3.63, 3.8) is 0 Å². The van der Waals surface area contributed by atoms with Crippen molar-refractivity contribution in [3.8, 4) is 23.6 Å². The number of rotatable bonds is 7. The highest BCUT2D eigenvalue weighted by Crippen LogP contribution is 2.63. The maximum atomic E-state index is 14.4. The molecule has 4 aromatic carbocycles. The van der Waals surface area contributed by atoms with Crippen LogP contribution in [-0.4, -0.2) is 0 Å². The van der Waals surface area contributed by atoms with Crippen LogP contribution in [0.4, 0.5) is 0 Å². The van der Waals surface area contributed by atoms with Gasteiger partial charge in [-0.25, -0.2) is 4.57 Å². The summed E-state index contributed by atoms with van der Waals surface area (Å²) in [6, 6.07) is 34.4. The van der Waals surface area contributed by atoms with Crippen LogP contribution in [0.25, 0.3) is 10.8 Å². The molecule has 1 unspecified atom stereocenters. The van der Waals surface area contributed by atoms with Gasteiger partial charge in [-0.15, -0.1) is 0 Å². The molecule has 4 rings (SSSR count). The fourth-order valence-electron chi connectivity index (χ4n) is 3.51. The fraction of sp³-hybridized carbons (Fsp3) is 0.0769. The summed E-state index contributed by atoms with van der Waals surface area (Å²) in [5.74, 6) is -0.603. The van der Waals surface area contributed by atoms with E-state index in [9.17, 15) is 15.1 Å². The van der Waals surface area contributed by atoms with E-state index in [1.54, 1.807) is 54.6 Å². The van der Waals surface area contributed by atoms with Gasteiger partial charge < -0.3 is 9.05 Å². The molecule has 6 heteroatoms. The molecule has 156 valence electrons. The van der Waals surface area contributed by atoms with Crippen LogP contribution in [0.3, 0.4) is 0 Å². The molecule has 0 aliphatic heterocycles. The van der Waals surface area contributed by atoms with Crippen molar-refractivity contribution in [1.29, 1.82) is 10.5 Å². The van der Waals surface area contributed by atoms with Crippen molar-refractivity contribution in [2.45, 2.75) is 5.66 Å². The van der Waals surface area contributed by atoms with Crippen molar-refractivity contribution in [1.82, 2.24) is 0 Å². The van der Waals surface area contributed by atoms with Gasteiger partial charge in [0.15, 0.2) is 5.92 Å². The predicted octanol–water partition coefficient (Wildman–Crippen LogP) is 6.90. The number of nitriles is 2. The molecule has 32 heavy (non-hydrogen) atoms. The summed E-state index contributed by atoms with van der Waals surface area (Å²) in [6.45, 7) is 0. The summed E-state index contributed by atoms with van der Waals surface area (Å²) in [5.41, 5.74) is -0.588. The van der Waals surface area contributed by atoms with E-state index in [1.165, 1.54) is 0 Å². The summed E-state index contributed by atoms with van der Waals surface area (Å²) < 4.78 is 26.3. The van der Waals surface area contributed by atoms with Gasteiger partial charge in [0, 0.05) is 0 Å². The van der Waals surface area contributed by atoms with Crippen LogP contribution in [0.2, 0.25) is 0 Å². The first kappa shape index (κ1) is 21.2. The molecule has 4 aromatic rings. The lowest BCUT2D eigenvalue weighted by molar-refractivity contribution is 0.367. The van der Waals surface area contributed by atoms with Crippen molar-refractivity contribution in [2.75, 3.05) is 0 Å². The third-order valence-electron chi connectivity index (χ3n) is 5.00. The summed E-state index contributed by atoms with van der Waals surface area (Å²) in [6.07, 6.45) is 0. The van der Waals surface area contributed by atoms with Gasteiger partial charge in [-0.3, -0.25) is 0 Å². The Balaban J connectivity index is 1.88. The van der Waals surface area contributed by atoms with Crippen LogP contribution in [-0.2, 0) is 4.57 Å². The normalized spacial score (nSPS) is 12.0. The van der Waals surface area contributed by atoms with E-state index in [0.29, 0.717) is 17.1 Å². The van der Waals surface area contributed by atoms with Gasteiger partial charge in [-0.05, 0) is 40.6 Å². The second-order valence-electron chi connectivity index (χ2n) is 7.14. The lowest BCUT2D eigenvalue weighted by Gasteiger charge is -2.28. The van der Waals surface area contributed by atoms with Gasteiger partial charge >= 0.3 is 7.60 Å². The Hall–Kier alpha value is -4.05. The van der Waals surface area contributed by atoms with E-state index in [1.807, 2.05) is 60.7 Å². The molecule has 0 amide bonds. The zero-order valence-corrected chi connectivity index (χ0v) is 17.9. The Morgan fingerprint density at radius 2 is 1.16 bits per heavy atom. The quantitative estimate of drug-likeness (QED) is 0.293. The standard InChI is InChI=1S/C26H19N2O3P/c27-18-23(19-28)26(22-16-15-20-9-7-8-10-21(20)17-22)32(29,30-24-11-3-1-4-12-24)31-25-13-5-2-6-14-25/h1-17,23,26H.